The summed E-state index contributed by atoms with van der Waals surface area (Å²) in [6, 6.07) is 7.85. The fourth-order valence-corrected chi connectivity index (χ4v) is 2.46. The molecule has 0 unspecified atom stereocenters. The Morgan fingerprint density at radius 3 is 2.89 bits per heavy atom. The monoisotopic (exact) mass is 261 g/mol. The lowest BCUT2D eigenvalue weighted by molar-refractivity contribution is 0.0762. The highest BCUT2D eigenvalue weighted by molar-refractivity contribution is 5.94. The summed E-state index contributed by atoms with van der Waals surface area (Å²) < 4.78 is 0. The van der Waals surface area contributed by atoms with Crippen LogP contribution in [0.4, 0.5) is 0 Å². The highest BCUT2D eigenvalue weighted by Gasteiger charge is 2.18. The Bertz CT molecular complexity index is 433. The van der Waals surface area contributed by atoms with Crippen LogP contribution in [0.2, 0.25) is 0 Å². The Balaban J connectivity index is 2.07. The number of likely N-dealkylation sites (N-methyl/N-ethyl adjacent to an activating group) is 1. The van der Waals surface area contributed by atoms with Crippen LogP contribution < -0.4 is 5.73 Å². The molecule has 1 aromatic carbocycles. The summed E-state index contributed by atoms with van der Waals surface area (Å²) in [5, 5.41) is 0. The molecule has 1 amide bonds. The number of nitrogens with two attached hydrogens (primary N) is 1. The second-order valence-corrected chi connectivity index (χ2v) is 5.19. The van der Waals surface area contributed by atoms with Crippen molar-refractivity contribution < 1.29 is 4.79 Å². The molecular weight excluding hydrogens is 238 g/mol. The Morgan fingerprint density at radius 1 is 1.26 bits per heavy atom. The smallest absolute Gasteiger partial charge is 0.253 e. The topological polar surface area (TPSA) is 49.6 Å². The van der Waals surface area contributed by atoms with Gasteiger partial charge in [-0.2, -0.15) is 0 Å². The van der Waals surface area contributed by atoms with E-state index in [1.807, 2.05) is 29.2 Å². The predicted molar refractivity (Wildman–Crippen MR) is 77.2 cm³/mol. The van der Waals surface area contributed by atoms with Gasteiger partial charge in [0.05, 0.1) is 0 Å². The molecule has 1 aliphatic heterocycles. The van der Waals surface area contributed by atoms with Gasteiger partial charge in [0.15, 0.2) is 0 Å². The zero-order valence-corrected chi connectivity index (χ0v) is 11.6. The van der Waals surface area contributed by atoms with Gasteiger partial charge in [0.1, 0.15) is 0 Å². The molecule has 4 heteroatoms. The third kappa shape index (κ3) is 3.78. The van der Waals surface area contributed by atoms with Gasteiger partial charge in [0.25, 0.3) is 5.91 Å². The first-order valence-electron chi connectivity index (χ1n) is 6.97. The van der Waals surface area contributed by atoms with Gasteiger partial charge < -0.3 is 15.5 Å². The summed E-state index contributed by atoms with van der Waals surface area (Å²) in [6.45, 7) is 4.30. The first-order chi connectivity index (χ1) is 9.20. The van der Waals surface area contributed by atoms with Crippen LogP contribution in [0.3, 0.4) is 0 Å². The van der Waals surface area contributed by atoms with Gasteiger partial charge in [0.2, 0.25) is 0 Å². The van der Waals surface area contributed by atoms with Crippen molar-refractivity contribution in [3.8, 4) is 0 Å². The number of amides is 1. The maximum absolute atomic E-state index is 12.5. The van der Waals surface area contributed by atoms with E-state index >= 15 is 0 Å². The molecule has 0 bridgehead atoms. The van der Waals surface area contributed by atoms with Crippen molar-refractivity contribution in [2.75, 3.05) is 39.8 Å². The summed E-state index contributed by atoms with van der Waals surface area (Å²) in [5.74, 6) is 0.147. The van der Waals surface area contributed by atoms with E-state index in [9.17, 15) is 4.79 Å². The van der Waals surface area contributed by atoms with E-state index in [0.29, 0.717) is 6.54 Å². The van der Waals surface area contributed by atoms with Crippen LogP contribution in [0.5, 0.6) is 0 Å². The summed E-state index contributed by atoms with van der Waals surface area (Å²) in [4.78, 5) is 16.7. The first-order valence-corrected chi connectivity index (χ1v) is 6.97. The number of nitrogens with zero attached hydrogens (tertiary/aromatic N) is 2. The van der Waals surface area contributed by atoms with E-state index in [4.69, 9.17) is 5.73 Å². The number of carbonyl (C=O) groups excluding carboxylic acids is 1. The molecule has 1 saturated heterocycles. The number of carbonyl (C=O) groups is 1. The molecule has 0 atom stereocenters. The lowest BCUT2D eigenvalue weighted by Crippen LogP contribution is -2.34. The molecule has 1 fully saturated rings. The Morgan fingerprint density at radius 2 is 2.11 bits per heavy atom. The fraction of sp³-hybridized carbons (Fsp3) is 0.533. The molecule has 0 aliphatic carbocycles. The van der Waals surface area contributed by atoms with E-state index in [1.165, 1.54) is 0 Å². The maximum atomic E-state index is 12.5. The van der Waals surface area contributed by atoms with Crippen LogP contribution in [0.1, 0.15) is 22.3 Å². The molecule has 4 nitrogen and oxygen atoms in total. The van der Waals surface area contributed by atoms with E-state index in [0.717, 1.165) is 50.1 Å². The number of hydrogen-bond donors (Lipinski definition) is 1. The molecule has 0 aromatic heterocycles. The van der Waals surface area contributed by atoms with Crippen LogP contribution in [0.15, 0.2) is 24.3 Å². The minimum atomic E-state index is 0.147. The Hall–Kier alpha value is -1.39. The summed E-state index contributed by atoms with van der Waals surface area (Å²) >= 11 is 0. The van der Waals surface area contributed by atoms with Crippen LogP contribution in [0.25, 0.3) is 0 Å². The van der Waals surface area contributed by atoms with E-state index in [-0.39, 0.29) is 5.91 Å². The summed E-state index contributed by atoms with van der Waals surface area (Å²) in [6.07, 6.45) is 1.87. The van der Waals surface area contributed by atoms with Gasteiger partial charge in [0, 0.05) is 25.2 Å². The van der Waals surface area contributed by atoms with Crippen molar-refractivity contribution in [3.05, 3.63) is 35.4 Å². The van der Waals surface area contributed by atoms with Crippen LogP contribution in [-0.4, -0.2) is 55.5 Å². The third-order valence-corrected chi connectivity index (χ3v) is 3.61. The zero-order valence-electron chi connectivity index (χ0n) is 11.6. The lowest BCUT2D eigenvalue weighted by Gasteiger charge is -2.20. The molecule has 1 aromatic rings. The molecule has 19 heavy (non-hydrogen) atoms. The quantitative estimate of drug-likeness (QED) is 0.882. The maximum Gasteiger partial charge on any atom is 0.253 e. The molecular formula is C15H23N3O. The van der Waals surface area contributed by atoms with Crippen LogP contribution in [0, 0.1) is 0 Å². The first kappa shape index (κ1) is 14.0. The largest absolute Gasteiger partial charge is 0.337 e. The lowest BCUT2D eigenvalue weighted by atomic mass is 10.1. The number of hydrogen-bond acceptors (Lipinski definition) is 3. The van der Waals surface area contributed by atoms with Crippen LogP contribution in [-0.2, 0) is 6.42 Å². The highest BCUT2D eigenvalue weighted by Crippen LogP contribution is 2.11. The molecule has 2 N–H and O–H groups in total. The summed E-state index contributed by atoms with van der Waals surface area (Å²) in [5.41, 5.74) is 7.49. The van der Waals surface area contributed by atoms with Crippen LogP contribution >= 0.6 is 0 Å². The number of benzene rings is 1. The fourth-order valence-electron chi connectivity index (χ4n) is 2.46. The van der Waals surface area contributed by atoms with Crippen molar-refractivity contribution in [3.63, 3.8) is 0 Å². The van der Waals surface area contributed by atoms with Crippen molar-refractivity contribution in [2.24, 2.45) is 5.73 Å². The predicted octanol–water partition coefficient (Wildman–Crippen LogP) is 0.966. The zero-order chi connectivity index (χ0) is 13.7. The molecule has 0 spiro atoms. The van der Waals surface area contributed by atoms with Gasteiger partial charge in [-0.3, -0.25) is 4.79 Å². The van der Waals surface area contributed by atoms with Crippen molar-refractivity contribution in [1.82, 2.24) is 9.80 Å². The minimum absolute atomic E-state index is 0.147. The van der Waals surface area contributed by atoms with E-state index in [2.05, 4.69) is 11.9 Å². The van der Waals surface area contributed by atoms with Crippen molar-refractivity contribution in [1.29, 1.82) is 0 Å². The normalized spacial score (nSPS) is 17.3. The van der Waals surface area contributed by atoms with Crippen molar-refractivity contribution >= 4 is 5.91 Å². The van der Waals surface area contributed by atoms with Gasteiger partial charge >= 0.3 is 0 Å². The van der Waals surface area contributed by atoms with Gasteiger partial charge in [-0.15, -0.1) is 0 Å². The standard InChI is InChI=1S/C15H23N3O/c1-17-8-3-9-18(11-10-17)15(19)14-5-2-4-13(12-14)6-7-16/h2,4-5,12H,3,6-11,16H2,1H3. The second kappa shape index (κ2) is 6.68. The molecule has 1 heterocycles. The minimum Gasteiger partial charge on any atom is -0.337 e. The Labute approximate surface area is 115 Å². The van der Waals surface area contributed by atoms with Gasteiger partial charge in [-0.05, 0) is 50.7 Å². The van der Waals surface area contributed by atoms with Gasteiger partial charge in [-0.25, -0.2) is 0 Å². The molecule has 0 radical (unpaired) electrons. The Kier molecular flexibility index (Phi) is 4.93. The van der Waals surface area contributed by atoms with E-state index < -0.39 is 0 Å². The second-order valence-electron chi connectivity index (χ2n) is 5.19. The molecule has 104 valence electrons. The average Bonchev–Trinajstić information content (AvgIpc) is 2.63. The molecule has 2 rings (SSSR count). The molecule has 1 aliphatic rings. The van der Waals surface area contributed by atoms with Crippen molar-refractivity contribution in [2.45, 2.75) is 12.8 Å². The SMILES string of the molecule is CN1CCCN(C(=O)c2cccc(CCN)c2)CC1. The third-order valence-electron chi connectivity index (χ3n) is 3.61. The average molecular weight is 261 g/mol. The molecule has 0 saturated carbocycles. The highest BCUT2D eigenvalue weighted by atomic mass is 16.2. The van der Waals surface area contributed by atoms with E-state index in [1.54, 1.807) is 0 Å². The van der Waals surface area contributed by atoms with Gasteiger partial charge in [-0.1, -0.05) is 12.1 Å². The summed E-state index contributed by atoms with van der Waals surface area (Å²) in [7, 11) is 2.11. The number of rotatable bonds is 3.